The molecule has 0 saturated heterocycles. The van der Waals surface area contributed by atoms with E-state index < -0.39 is 5.92 Å². The minimum absolute atomic E-state index is 0.155. The first kappa shape index (κ1) is 11.5. The van der Waals surface area contributed by atoms with E-state index in [1.807, 2.05) is 0 Å². The van der Waals surface area contributed by atoms with E-state index >= 15 is 0 Å². The molecular weight excluding hydrogens is 168 g/mol. The number of nitrogens with one attached hydrogen (secondary N) is 2. The summed E-state index contributed by atoms with van der Waals surface area (Å²) < 4.78 is 0. The van der Waals surface area contributed by atoms with Crippen LogP contribution in [0.2, 0.25) is 0 Å². The SMILES string of the molecule is C#CCNC(=O)C(C)C(=O)NCC. The van der Waals surface area contributed by atoms with Crippen LogP contribution in [0.4, 0.5) is 0 Å². The van der Waals surface area contributed by atoms with E-state index in [1.165, 1.54) is 6.92 Å². The molecule has 2 N–H and O–H groups in total. The molecule has 0 bridgehead atoms. The second-order valence-corrected chi connectivity index (χ2v) is 2.54. The average Bonchev–Trinajstić information content (AvgIpc) is 2.13. The van der Waals surface area contributed by atoms with Crippen LogP contribution in [-0.4, -0.2) is 24.9 Å². The Bertz CT molecular complexity index is 230. The highest BCUT2D eigenvalue weighted by atomic mass is 16.2. The summed E-state index contributed by atoms with van der Waals surface area (Å²) in [5.41, 5.74) is 0. The molecule has 13 heavy (non-hydrogen) atoms. The van der Waals surface area contributed by atoms with Crippen molar-refractivity contribution in [3.05, 3.63) is 0 Å². The predicted octanol–water partition coefficient (Wildman–Crippen LogP) is -0.492. The molecule has 0 aromatic carbocycles. The molecule has 0 aromatic rings. The van der Waals surface area contributed by atoms with Gasteiger partial charge in [-0.3, -0.25) is 9.59 Å². The van der Waals surface area contributed by atoms with Crippen molar-refractivity contribution in [2.75, 3.05) is 13.1 Å². The van der Waals surface area contributed by atoms with Gasteiger partial charge in [-0.15, -0.1) is 6.42 Å². The fourth-order valence-electron chi connectivity index (χ4n) is 0.738. The Kier molecular flexibility index (Phi) is 5.37. The highest BCUT2D eigenvalue weighted by Crippen LogP contribution is 1.93. The molecule has 0 aromatic heterocycles. The zero-order chi connectivity index (χ0) is 10.3. The van der Waals surface area contributed by atoms with Gasteiger partial charge in [0.25, 0.3) is 0 Å². The van der Waals surface area contributed by atoms with Crippen molar-refractivity contribution in [2.45, 2.75) is 13.8 Å². The maximum Gasteiger partial charge on any atom is 0.233 e. The van der Waals surface area contributed by atoms with E-state index in [-0.39, 0.29) is 18.4 Å². The Hall–Kier alpha value is -1.50. The van der Waals surface area contributed by atoms with E-state index in [0.29, 0.717) is 6.54 Å². The Morgan fingerprint density at radius 3 is 2.38 bits per heavy atom. The molecule has 0 aliphatic carbocycles. The average molecular weight is 182 g/mol. The summed E-state index contributed by atoms with van der Waals surface area (Å²) in [4.78, 5) is 22.3. The quantitative estimate of drug-likeness (QED) is 0.455. The van der Waals surface area contributed by atoms with Crippen molar-refractivity contribution in [2.24, 2.45) is 5.92 Å². The third-order valence-electron chi connectivity index (χ3n) is 1.50. The van der Waals surface area contributed by atoms with Crippen molar-refractivity contribution >= 4 is 11.8 Å². The van der Waals surface area contributed by atoms with Crippen LogP contribution in [0.25, 0.3) is 0 Å². The van der Waals surface area contributed by atoms with Crippen LogP contribution in [0.1, 0.15) is 13.8 Å². The van der Waals surface area contributed by atoms with Crippen LogP contribution in [-0.2, 0) is 9.59 Å². The first-order valence-electron chi connectivity index (χ1n) is 4.12. The number of hydrogen-bond donors (Lipinski definition) is 2. The monoisotopic (exact) mass is 182 g/mol. The minimum Gasteiger partial charge on any atom is -0.356 e. The Morgan fingerprint density at radius 1 is 1.38 bits per heavy atom. The number of amides is 2. The standard InChI is InChI=1S/C9H14N2O2/c1-4-6-11-9(13)7(3)8(12)10-5-2/h1,7H,5-6H2,2-3H3,(H,10,12)(H,11,13). The molecule has 0 aliphatic heterocycles. The van der Waals surface area contributed by atoms with Gasteiger partial charge in [-0.2, -0.15) is 0 Å². The molecule has 0 radical (unpaired) electrons. The fraction of sp³-hybridized carbons (Fsp3) is 0.556. The van der Waals surface area contributed by atoms with Crippen LogP contribution in [0.15, 0.2) is 0 Å². The Labute approximate surface area is 78.1 Å². The number of carbonyl (C=O) groups excluding carboxylic acids is 2. The van der Waals surface area contributed by atoms with Crippen molar-refractivity contribution < 1.29 is 9.59 Å². The molecule has 72 valence electrons. The van der Waals surface area contributed by atoms with Crippen LogP contribution in [0, 0.1) is 18.3 Å². The van der Waals surface area contributed by atoms with E-state index in [1.54, 1.807) is 6.92 Å². The lowest BCUT2D eigenvalue weighted by atomic mass is 10.1. The van der Waals surface area contributed by atoms with Crippen molar-refractivity contribution in [1.29, 1.82) is 0 Å². The molecule has 1 atom stereocenters. The highest BCUT2D eigenvalue weighted by Gasteiger charge is 2.19. The highest BCUT2D eigenvalue weighted by molar-refractivity contribution is 5.99. The zero-order valence-corrected chi connectivity index (χ0v) is 7.89. The van der Waals surface area contributed by atoms with E-state index in [9.17, 15) is 9.59 Å². The van der Waals surface area contributed by atoms with E-state index in [4.69, 9.17) is 6.42 Å². The summed E-state index contributed by atoms with van der Waals surface area (Å²) >= 11 is 0. The number of hydrogen-bond acceptors (Lipinski definition) is 2. The molecule has 4 heteroatoms. The normalized spacial score (nSPS) is 11.2. The maximum absolute atomic E-state index is 11.2. The van der Waals surface area contributed by atoms with Crippen LogP contribution >= 0.6 is 0 Å². The summed E-state index contributed by atoms with van der Waals surface area (Å²) in [6.07, 6.45) is 4.95. The summed E-state index contributed by atoms with van der Waals surface area (Å²) in [6, 6.07) is 0. The van der Waals surface area contributed by atoms with Crippen molar-refractivity contribution in [3.8, 4) is 12.3 Å². The van der Waals surface area contributed by atoms with Gasteiger partial charge in [0.05, 0.1) is 6.54 Å². The Balaban J connectivity index is 3.95. The minimum atomic E-state index is -0.687. The van der Waals surface area contributed by atoms with Gasteiger partial charge < -0.3 is 10.6 Å². The predicted molar refractivity (Wildman–Crippen MR) is 49.7 cm³/mol. The van der Waals surface area contributed by atoms with Gasteiger partial charge in [-0.25, -0.2) is 0 Å². The third-order valence-corrected chi connectivity index (χ3v) is 1.50. The van der Waals surface area contributed by atoms with Crippen LogP contribution in [0.5, 0.6) is 0 Å². The Morgan fingerprint density at radius 2 is 1.92 bits per heavy atom. The summed E-state index contributed by atoms with van der Waals surface area (Å²) in [5, 5.41) is 4.99. The van der Waals surface area contributed by atoms with Crippen LogP contribution in [0.3, 0.4) is 0 Å². The third kappa shape index (κ3) is 4.16. The largest absolute Gasteiger partial charge is 0.356 e. The molecule has 0 fully saturated rings. The van der Waals surface area contributed by atoms with E-state index in [2.05, 4.69) is 16.6 Å². The maximum atomic E-state index is 11.2. The van der Waals surface area contributed by atoms with Gasteiger partial charge in [0.2, 0.25) is 11.8 Å². The first-order valence-corrected chi connectivity index (χ1v) is 4.12. The summed E-state index contributed by atoms with van der Waals surface area (Å²) in [6.45, 7) is 4.01. The van der Waals surface area contributed by atoms with Gasteiger partial charge in [0.15, 0.2) is 0 Å². The lowest BCUT2D eigenvalue weighted by molar-refractivity contribution is -0.134. The van der Waals surface area contributed by atoms with Gasteiger partial charge in [0.1, 0.15) is 5.92 Å². The topological polar surface area (TPSA) is 58.2 Å². The summed E-state index contributed by atoms with van der Waals surface area (Å²) in [7, 11) is 0. The lowest BCUT2D eigenvalue weighted by Gasteiger charge is -2.09. The molecule has 0 heterocycles. The van der Waals surface area contributed by atoms with Crippen LogP contribution < -0.4 is 10.6 Å². The second-order valence-electron chi connectivity index (χ2n) is 2.54. The number of carbonyl (C=O) groups is 2. The first-order chi connectivity index (χ1) is 6.13. The molecule has 0 aliphatic rings. The lowest BCUT2D eigenvalue weighted by Crippen LogP contribution is -2.39. The zero-order valence-electron chi connectivity index (χ0n) is 7.89. The van der Waals surface area contributed by atoms with E-state index in [0.717, 1.165) is 0 Å². The molecule has 0 rings (SSSR count). The van der Waals surface area contributed by atoms with Crippen molar-refractivity contribution in [1.82, 2.24) is 10.6 Å². The van der Waals surface area contributed by atoms with Crippen molar-refractivity contribution in [3.63, 3.8) is 0 Å². The van der Waals surface area contributed by atoms with Gasteiger partial charge >= 0.3 is 0 Å². The number of terminal acetylenes is 1. The molecule has 0 saturated carbocycles. The van der Waals surface area contributed by atoms with Gasteiger partial charge in [-0.1, -0.05) is 5.92 Å². The molecular formula is C9H14N2O2. The summed E-state index contributed by atoms with van der Waals surface area (Å²) in [5.74, 6) is 0.950. The smallest absolute Gasteiger partial charge is 0.233 e. The second kappa shape index (κ2) is 6.06. The number of rotatable bonds is 4. The molecule has 2 amide bonds. The fourth-order valence-corrected chi connectivity index (χ4v) is 0.738. The van der Waals surface area contributed by atoms with Gasteiger partial charge in [0, 0.05) is 6.54 Å². The molecule has 0 spiro atoms. The molecule has 1 unspecified atom stereocenters. The van der Waals surface area contributed by atoms with Gasteiger partial charge in [-0.05, 0) is 13.8 Å². The molecule has 4 nitrogen and oxygen atoms in total.